The van der Waals surface area contributed by atoms with Gasteiger partial charge in [0.25, 0.3) is 0 Å². The number of carbonyl (C=O) groups excluding carboxylic acids is 2. The summed E-state index contributed by atoms with van der Waals surface area (Å²) in [6, 6.07) is 3.76. The fraction of sp³-hybridized carbons (Fsp3) is 0.429. The Balaban J connectivity index is 2.02. The molecule has 1 saturated heterocycles. The zero-order chi connectivity index (χ0) is 17.9. The van der Waals surface area contributed by atoms with Gasteiger partial charge in [0.1, 0.15) is 11.8 Å². The highest BCUT2D eigenvalue weighted by Gasteiger charge is 2.37. The molecule has 7 nitrogen and oxygen atoms in total. The molecule has 0 radical (unpaired) electrons. The Hall–Kier alpha value is -2.49. The summed E-state index contributed by atoms with van der Waals surface area (Å²) < 4.78 is 41.0. The van der Waals surface area contributed by atoms with E-state index in [1.165, 1.54) is 24.3 Å². The van der Waals surface area contributed by atoms with Crippen molar-refractivity contribution < 1.29 is 32.6 Å². The molecule has 1 heterocycles. The van der Waals surface area contributed by atoms with E-state index in [4.69, 9.17) is 5.73 Å². The van der Waals surface area contributed by atoms with Gasteiger partial charge in [0.15, 0.2) is 6.61 Å². The van der Waals surface area contributed by atoms with Crippen molar-refractivity contribution in [3.63, 3.8) is 0 Å². The number of ether oxygens (including phenoxy) is 1. The first-order chi connectivity index (χ1) is 11.2. The zero-order valence-corrected chi connectivity index (χ0v) is 12.4. The van der Waals surface area contributed by atoms with Crippen LogP contribution in [0.2, 0.25) is 0 Å². The van der Waals surface area contributed by atoms with Crippen LogP contribution in [0.3, 0.4) is 0 Å². The lowest BCUT2D eigenvalue weighted by Crippen LogP contribution is -2.45. The van der Waals surface area contributed by atoms with Gasteiger partial charge >= 0.3 is 12.2 Å². The second kappa shape index (κ2) is 6.95. The molecule has 24 heavy (non-hydrogen) atoms. The number of carbonyl (C=O) groups is 2. The molecule has 0 spiro atoms. The van der Waals surface area contributed by atoms with Crippen molar-refractivity contribution in [2.45, 2.75) is 24.7 Å². The van der Waals surface area contributed by atoms with Crippen molar-refractivity contribution in [3.05, 3.63) is 24.3 Å². The van der Waals surface area contributed by atoms with Crippen molar-refractivity contribution >= 4 is 17.6 Å². The van der Waals surface area contributed by atoms with E-state index in [2.05, 4.69) is 10.1 Å². The third kappa shape index (κ3) is 4.75. The summed E-state index contributed by atoms with van der Waals surface area (Å²) >= 11 is 0. The van der Waals surface area contributed by atoms with Gasteiger partial charge in [0.05, 0.1) is 6.10 Å². The molecule has 0 unspecified atom stereocenters. The summed E-state index contributed by atoms with van der Waals surface area (Å²) in [4.78, 5) is 24.6. The summed E-state index contributed by atoms with van der Waals surface area (Å²) in [7, 11) is 0. The van der Waals surface area contributed by atoms with Crippen molar-refractivity contribution in [2.75, 3.05) is 18.5 Å². The number of nitrogens with one attached hydrogen (secondary N) is 1. The smallest absolute Gasteiger partial charge is 0.422 e. The lowest BCUT2D eigenvalue weighted by molar-refractivity contribution is -0.153. The maximum absolute atomic E-state index is 12.2. The highest BCUT2D eigenvalue weighted by atomic mass is 19.4. The molecule has 4 N–H and O–H groups in total. The first-order valence-electron chi connectivity index (χ1n) is 7.00. The van der Waals surface area contributed by atoms with E-state index in [9.17, 15) is 27.9 Å². The average Bonchev–Trinajstić information content (AvgIpc) is 2.87. The van der Waals surface area contributed by atoms with Crippen LogP contribution in [0.25, 0.3) is 0 Å². The summed E-state index contributed by atoms with van der Waals surface area (Å²) in [6.45, 7) is -1.52. The molecule has 2 rings (SSSR count). The summed E-state index contributed by atoms with van der Waals surface area (Å²) in [5.41, 5.74) is 5.37. The minimum Gasteiger partial charge on any atom is -0.484 e. The number of halogens is 3. The van der Waals surface area contributed by atoms with E-state index in [1.807, 2.05) is 0 Å². The van der Waals surface area contributed by atoms with Crippen LogP contribution in [0.1, 0.15) is 6.42 Å². The number of nitrogens with zero attached hydrogens (tertiary/aromatic N) is 1. The molecule has 1 aliphatic rings. The summed E-state index contributed by atoms with van der Waals surface area (Å²) in [5, 5.41) is 12.0. The monoisotopic (exact) mass is 347 g/mol. The third-order valence-corrected chi connectivity index (χ3v) is 3.36. The molecule has 10 heteroatoms. The van der Waals surface area contributed by atoms with Crippen molar-refractivity contribution in [2.24, 2.45) is 5.73 Å². The second-order valence-corrected chi connectivity index (χ2v) is 5.32. The van der Waals surface area contributed by atoms with Crippen molar-refractivity contribution in [1.82, 2.24) is 4.90 Å². The van der Waals surface area contributed by atoms with Crippen LogP contribution in [-0.4, -0.2) is 53.4 Å². The molecule has 0 aliphatic carbocycles. The highest BCUT2D eigenvalue weighted by molar-refractivity contribution is 5.94. The van der Waals surface area contributed by atoms with Crippen LogP contribution in [0.5, 0.6) is 5.75 Å². The normalized spacial score (nSPS) is 20.8. The Labute approximate surface area is 135 Å². The Bertz CT molecular complexity index is 624. The molecule has 1 aliphatic heterocycles. The highest BCUT2D eigenvalue weighted by Crippen LogP contribution is 2.23. The Morgan fingerprint density at radius 2 is 2.12 bits per heavy atom. The number of alkyl halides is 3. The number of rotatable bonds is 4. The first kappa shape index (κ1) is 17.9. The molecule has 1 fully saturated rings. The molecule has 1 aromatic rings. The number of β-amino-alcohol motifs (C(OH)–C–C–N with tert-alkyl or cyclic N) is 1. The average molecular weight is 347 g/mol. The summed E-state index contributed by atoms with van der Waals surface area (Å²) in [6.07, 6.45) is -5.30. The standard InChI is InChI=1S/C14H16F3N3O4/c15-14(16,17)7-24-10-3-1-2-8(4-10)19-13(23)20-6-9(21)5-11(20)12(18)22/h1-4,9,11,21H,5-7H2,(H2,18,22)(H,19,23)/t9-,11-/m1/s1. The fourth-order valence-electron chi connectivity index (χ4n) is 2.33. The van der Waals surface area contributed by atoms with Gasteiger partial charge in [-0.05, 0) is 12.1 Å². The number of anilines is 1. The molecule has 0 aromatic heterocycles. The number of amides is 3. The number of urea groups is 1. The van der Waals surface area contributed by atoms with Gasteiger partial charge in [-0.15, -0.1) is 0 Å². The van der Waals surface area contributed by atoms with Gasteiger partial charge in [0, 0.05) is 24.7 Å². The zero-order valence-electron chi connectivity index (χ0n) is 12.4. The number of hydrogen-bond acceptors (Lipinski definition) is 4. The number of primary amides is 1. The lowest BCUT2D eigenvalue weighted by Gasteiger charge is -2.22. The number of likely N-dealkylation sites (tertiary alicyclic amines) is 1. The van der Waals surface area contributed by atoms with Crippen LogP contribution >= 0.6 is 0 Å². The largest absolute Gasteiger partial charge is 0.484 e. The van der Waals surface area contributed by atoms with E-state index < -0.39 is 36.9 Å². The molecule has 0 bridgehead atoms. The lowest BCUT2D eigenvalue weighted by atomic mass is 10.2. The van der Waals surface area contributed by atoms with E-state index in [1.54, 1.807) is 0 Å². The van der Waals surface area contributed by atoms with E-state index >= 15 is 0 Å². The fourth-order valence-corrected chi connectivity index (χ4v) is 2.33. The quantitative estimate of drug-likeness (QED) is 0.758. The number of aliphatic hydroxyl groups excluding tert-OH is 1. The van der Waals surface area contributed by atoms with Gasteiger partial charge in [-0.25, -0.2) is 4.79 Å². The maximum atomic E-state index is 12.2. The van der Waals surface area contributed by atoms with Gasteiger partial charge < -0.3 is 25.8 Å². The molecular formula is C14H16F3N3O4. The van der Waals surface area contributed by atoms with Crippen molar-refractivity contribution in [1.29, 1.82) is 0 Å². The Morgan fingerprint density at radius 1 is 1.42 bits per heavy atom. The minimum atomic E-state index is -4.47. The topological polar surface area (TPSA) is 105 Å². The van der Waals surface area contributed by atoms with Crippen LogP contribution in [0.4, 0.5) is 23.7 Å². The maximum Gasteiger partial charge on any atom is 0.422 e. The van der Waals surface area contributed by atoms with Crippen LogP contribution in [0.15, 0.2) is 24.3 Å². The molecule has 2 atom stereocenters. The SMILES string of the molecule is NC(=O)[C@H]1C[C@@H](O)CN1C(=O)Nc1cccc(OCC(F)(F)F)c1. The predicted molar refractivity (Wildman–Crippen MR) is 77.3 cm³/mol. The van der Waals surface area contributed by atoms with Gasteiger partial charge in [-0.2, -0.15) is 13.2 Å². The Kier molecular flexibility index (Phi) is 5.17. The second-order valence-electron chi connectivity index (χ2n) is 5.32. The van der Waals surface area contributed by atoms with Gasteiger partial charge in [0.2, 0.25) is 5.91 Å². The number of hydrogen-bond donors (Lipinski definition) is 3. The number of nitrogens with two attached hydrogens (primary N) is 1. The Morgan fingerprint density at radius 3 is 2.75 bits per heavy atom. The molecule has 132 valence electrons. The third-order valence-electron chi connectivity index (χ3n) is 3.36. The minimum absolute atomic E-state index is 0.0392. The first-order valence-corrected chi connectivity index (χ1v) is 7.00. The number of aliphatic hydroxyl groups is 1. The molecule has 1 aromatic carbocycles. The van der Waals surface area contributed by atoms with Crippen molar-refractivity contribution in [3.8, 4) is 5.75 Å². The number of benzene rings is 1. The van der Waals surface area contributed by atoms with Crippen LogP contribution < -0.4 is 15.8 Å². The van der Waals surface area contributed by atoms with E-state index in [0.717, 1.165) is 4.90 Å². The van der Waals surface area contributed by atoms with Crippen LogP contribution in [-0.2, 0) is 4.79 Å². The molecule has 0 saturated carbocycles. The molecular weight excluding hydrogens is 331 g/mol. The van der Waals surface area contributed by atoms with E-state index in [0.29, 0.717) is 0 Å². The summed E-state index contributed by atoms with van der Waals surface area (Å²) in [5.74, 6) is -0.818. The van der Waals surface area contributed by atoms with Gasteiger partial charge in [-0.1, -0.05) is 6.07 Å². The van der Waals surface area contributed by atoms with Gasteiger partial charge in [-0.3, -0.25) is 4.79 Å². The van der Waals surface area contributed by atoms with Crippen LogP contribution in [0, 0.1) is 0 Å². The predicted octanol–water partition coefficient (Wildman–Crippen LogP) is 1.08. The van der Waals surface area contributed by atoms with E-state index in [-0.39, 0.29) is 24.4 Å². The molecule has 3 amide bonds.